The van der Waals surface area contributed by atoms with Crippen LogP contribution in [0.2, 0.25) is 10.0 Å². The normalized spacial score (nSPS) is 13.8. The van der Waals surface area contributed by atoms with E-state index in [-0.39, 0.29) is 34.8 Å². The highest BCUT2D eigenvalue weighted by molar-refractivity contribution is 7.89. The van der Waals surface area contributed by atoms with Gasteiger partial charge in [0.1, 0.15) is 4.90 Å². The van der Waals surface area contributed by atoms with Gasteiger partial charge >= 0.3 is 12.1 Å². The third kappa shape index (κ3) is 11.6. The van der Waals surface area contributed by atoms with E-state index in [0.29, 0.717) is 55.0 Å². The van der Waals surface area contributed by atoms with Gasteiger partial charge in [-0.2, -0.15) is 4.31 Å². The molecule has 0 bridgehead atoms. The lowest BCUT2D eigenvalue weighted by atomic mass is 9.96. The number of amides is 3. The molecule has 1 fully saturated rings. The van der Waals surface area contributed by atoms with Crippen LogP contribution >= 0.6 is 23.2 Å². The first-order chi connectivity index (χ1) is 25.1. The van der Waals surface area contributed by atoms with E-state index in [9.17, 15) is 32.7 Å². The zero-order chi connectivity index (χ0) is 38.7. The van der Waals surface area contributed by atoms with E-state index in [4.69, 9.17) is 28.9 Å². The van der Waals surface area contributed by atoms with Crippen molar-refractivity contribution >= 4 is 62.9 Å². The van der Waals surface area contributed by atoms with Crippen LogP contribution in [0.15, 0.2) is 76.8 Å². The Kier molecular flexibility index (Phi) is 14.6. The number of carbonyl (C=O) groups is 4. The van der Waals surface area contributed by atoms with Gasteiger partial charge in [-0.05, 0) is 60.9 Å². The molecule has 14 nitrogen and oxygen atoms in total. The Labute approximate surface area is 318 Å². The van der Waals surface area contributed by atoms with E-state index in [1.54, 1.807) is 36.1 Å². The van der Waals surface area contributed by atoms with Gasteiger partial charge in [-0.15, -0.1) is 0 Å². The van der Waals surface area contributed by atoms with Crippen molar-refractivity contribution in [2.24, 2.45) is 16.8 Å². The smallest absolute Gasteiger partial charge is 0.407 e. The van der Waals surface area contributed by atoms with Crippen LogP contribution in [0, 0.1) is 12.8 Å². The number of benzene rings is 3. The molecule has 53 heavy (non-hydrogen) atoms. The molecule has 0 saturated carbocycles. The third-order valence-electron chi connectivity index (χ3n) is 8.76. The fourth-order valence-corrected chi connectivity index (χ4v) is 7.88. The maximum Gasteiger partial charge on any atom is 0.407 e. The van der Waals surface area contributed by atoms with Crippen LogP contribution < -0.4 is 11.1 Å². The summed E-state index contributed by atoms with van der Waals surface area (Å²) >= 11 is 12.6. The highest BCUT2D eigenvalue weighted by Gasteiger charge is 2.31. The van der Waals surface area contributed by atoms with Gasteiger partial charge in [-0.25, -0.2) is 18.0 Å². The van der Waals surface area contributed by atoms with E-state index in [2.05, 4.69) is 15.3 Å². The number of carboxylic acid groups (broad SMARTS) is 1. The van der Waals surface area contributed by atoms with E-state index >= 15 is 0 Å². The Morgan fingerprint density at radius 2 is 1.66 bits per heavy atom. The standard InChI is InChI=1S/C36H42Cl2N6O8S/c1-24-30(37)12-13-31(34(24)38)53(50,51)44(19-16-26-6-4-3-5-7-26)23-32(46)40-20-33(47)43(22-28-14-17-42(18-15-28)36(48)49)21-27-8-10-29(11-9-27)35(39)41-52-25(2)45/h3-13,28H,14-23H2,1-2H3,(H2,39,41)(H,40,46)(H,48,49). The number of oxime groups is 1. The first-order valence-corrected chi connectivity index (χ1v) is 19.0. The number of hydrogen-bond acceptors (Lipinski definition) is 8. The molecule has 3 aromatic carbocycles. The minimum Gasteiger partial charge on any atom is -0.465 e. The highest BCUT2D eigenvalue weighted by atomic mass is 35.5. The predicted molar refractivity (Wildman–Crippen MR) is 200 cm³/mol. The molecular weight excluding hydrogens is 747 g/mol. The molecule has 0 radical (unpaired) electrons. The average molecular weight is 790 g/mol. The molecule has 284 valence electrons. The largest absolute Gasteiger partial charge is 0.465 e. The topological polar surface area (TPSA) is 192 Å². The monoisotopic (exact) mass is 788 g/mol. The maximum absolute atomic E-state index is 13.9. The van der Waals surface area contributed by atoms with E-state index < -0.39 is 47.0 Å². The summed E-state index contributed by atoms with van der Waals surface area (Å²) in [4.78, 5) is 56.9. The number of sulfonamides is 1. The van der Waals surface area contributed by atoms with Crippen molar-refractivity contribution in [1.82, 2.24) is 19.4 Å². The van der Waals surface area contributed by atoms with Crippen LogP contribution in [0.3, 0.4) is 0 Å². The molecule has 1 saturated heterocycles. The van der Waals surface area contributed by atoms with Crippen LogP contribution in [-0.2, 0) is 42.2 Å². The maximum atomic E-state index is 13.9. The first kappa shape index (κ1) is 41.1. The predicted octanol–water partition coefficient (Wildman–Crippen LogP) is 4.25. The molecule has 0 spiro atoms. The van der Waals surface area contributed by atoms with Gasteiger partial charge in [0.2, 0.25) is 21.8 Å². The zero-order valence-electron chi connectivity index (χ0n) is 29.3. The number of piperidine rings is 1. The van der Waals surface area contributed by atoms with E-state index in [1.165, 1.54) is 24.0 Å². The van der Waals surface area contributed by atoms with Crippen LogP contribution in [0.1, 0.15) is 42.0 Å². The number of nitrogens with zero attached hydrogens (tertiary/aromatic N) is 4. The summed E-state index contributed by atoms with van der Waals surface area (Å²) in [5.41, 5.74) is 8.36. The fourth-order valence-electron chi connectivity index (χ4n) is 5.70. The summed E-state index contributed by atoms with van der Waals surface area (Å²) in [6, 6.07) is 18.7. The Morgan fingerprint density at radius 3 is 2.28 bits per heavy atom. The number of hydrogen-bond donors (Lipinski definition) is 3. The van der Waals surface area contributed by atoms with Crippen molar-refractivity contribution in [3.63, 3.8) is 0 Å². The van der Waals surface area contributed by atoms with Crippen LogP contribution in [0.25, 0.3) is 0 Å². The van der Waals surface area contributed by atoms with Gasteiger partial charge < -0.3 is 30.8 Å². The molecule has 4 N–H and O–H groups in total. The molecule has 3 aromatic rings. The zero-order valence-corrected chi connectivity index (χ0v) is 31.7. The lowest BCUT2D eigenvalue weighted by molar-refractivity contribution is -0.141. The molecule has 0 aromatic heterocycles. The van der Waals surface area contributed by atoms with E-state index in [0.717, 1.165) is 15.4 Å². The Morgan fingerprint density at radius 1 is 1.00 bits per heavy atom. The number of likely N-dealkylation sites (tertiary alicyclic amines) is 1. The van der Waals surface area contributed by atoms with Gasteiger partial charge in [-0.3, -0.25) is 9.59 Å². The summed E-state index contributed by atoms with van der Waals surface area (Å²) in [6.07, 6.45) is 0.408. The molecule has 3 amide bonds. The molecule has 4 rings (SSSR count). The summed E-state index contributed by atoms with van der Waals surface area (Å²) in [5, 5.41) is 15.8. The van der Waals surface area contributed by atoms with Gasteiger partial charge in [0.05, 0.1) is 18.1 Å². The van der Waals surface area contributed by atoms with Gasteiger partial charge in [0.15, 0.2) is 5.84 Å². The minimum absolute atomic E-state index is 0.00207. The van der Waals surface area contributed by atoms with Crippen molar-refractivity contribution in [3.8, 4) is 0 Å². The fraction of sp³-hybridized carbons (Fsp3) is 0.361. The van der Waals surface area contributed by atoms with Crippen molar-refractivity contribution in [3.05, 3.63) is 99.0 Å². The molecule has 1 aliphatic heterocycles. The van der Waals surface area contributed by atoms with Crippen molar-refractivity contribution in [1.29, 1.82) is 0 Å². The van der Waals surface area contributed by atoms with E-state index in [1.807, 2.05) is 30.3 Å². The van der Waals surface area contributed by atoms with Gasteiger partial charge in [0.25, 0.3) is 0 Å². The lowest BCUT2D eigenvalue weighted by Crippen LogP contribution is -2.47. The summed E-state index contributed by atoms with van der Waals surface area (Å²) in [5.74, 6) is -1.75. The van der Waals surface area contributed by atoms with Gasteiger partial charge in [-0.1, -0.05) is 83.0 Å². The number of nitrogens with two attached hydrogens (primary N) is 1. The third-order valence-corrected chi connectivity index (χ3v) is 11.7. The second-order valence-electron chi connectivity index (χ2n) is 12.6. The molecule has 0 unspecified atom stereocenters. The molecule has 0 aliphatic carbocycles. The number of halogens is 2. The SMILES string of the molecule is CC(=O)ON=C(N)c1ccc(CN(CC2CCN(C(=O)O)CC2)C(=O)CNC(=O)CN(CCc2ccccc2)S(=O)(=O)c2ccc(Cl)c(C)c2Cl)cc1. The van der Waals surface area contributed by atoms with Crippen molar-refractivity contribution in [2.45, 2.75) is 44.6 Å². The molecule has 17 heteroatoms. The summed E-state index contributed by atoms with van der Waals surface area (Å²) in [7, 11) is -4.28. The number of carbonyl (C=O) groups excluding carboxylic acids is 3. The molecule has 0 atom stereocenters. The number of amidine groups is 1. The van der Waals surface area contributed by atoms with Crippen LogP contribution in [0.5, 0.6) is 0 Å². The van der Waals surface area contributed by atoms with Crippen molar-refractivity contribution in [2.75, 3.05) is 39.3 Å². The number of nitrogens with one attached hydrogen (secondary N) is 1. The quantitative estimate of drug-likeness (QED) is 0.0874. The van der Waals surface area contributed by atoms with Crippen molar-refractivity contribution < 1.29 is 37.5 Å². The molecule has 1 heterocycles. The Bertz CT molecular complexity index is 1920. The second kappa shape index (κ2) is 18.9. The van der Waals surface area contributed by atoms with Crippen LogP contribution in [-0.4, -0.2) is 96.6 Å². The Balaban J connectivity index is 1.49. The summed E-state index contributed by atoms with van der Waals surface area (Å²) in [6.45, 7) is 2.87. The lowest BCUT2D eigenvalue weighted by Gasteiger charge is -2.34. The first-order valence-electron chi connectivity index (χ1n) is 16.8. The van der Waals surface area contributed by atoms with Crippen LogP contribution in [0.4, 0.5) is 4.79 Å². The second-order valence-corrected chi connectivity index (χ2v) is 15.3. The molecular formula is C36H42Cl2N6O8S. The minimum atomic E-state index is -4.28. The average Bonchev–Trinajstić information content (AvgIpc) is 3.14. The summed E-state index contributed by atoms with van der Waals surface area (Å²) < 4.78 is 28.8. The highest BCUT2D eigenvalue weighted by Crippen LogP contribution is 2.32. The van der Waals surface area contributed by atoms with Gasteiger partial charge in [0, 0.05) is 50.2 Å². The Hall–Kier alpha value is -4.70. The number of rotatable bonds is 15. The molecule has 1 aliphatic rings.